The van der Waals surface area contributed by atoms with Gasteiger partial charge in [0.1, 0.15) is 0 Å². The Morgan fingerprint density at radius 3 is 2.20 bits per heavy atom. The zero-order valence-corrected chi connectivity index (χ0v) is 24.2. The molecule has 0 aliphatic carbocycles. The predicted molar refractivity (Wildman–Crippen MR) is 163 cm³/mol. The lowest BCUT2D eigenvalue weighted by molar-refractivity contribution is -0.105. The molecule has 9 heteroatoms. The molecule has 0 atom stereocenters. The second-order valence-corrected chi connectivity index (χ2v) is 9.85. The molecule has 0 saturated heterocycles. The van der Waals surface area contributed by atoms with Gasteiger partial charge < -0.3 is 30.3 Å². The van der Waals surface area contributed by atoms with Crippen LogP contribution in [0, 0.1) is 6.92 Å². The van der Waals surface area contributed by atoms with E-state index in [0.717, 1.165) is 28.1 Å². The lowest BCUT2D eigenvalue weighted by atomic mass is 9.95. The van der Waals surface area contributed by atoms with Crippen LogP contribution in [0.1, 0.15) is 44.3 Å². The van der Waals surface area contributed by atoms with E-state index >= 15 is 0 Å². The van der Waals surface area contributed by atoms with Crippen molar-refractivity contribution in [1.82, 2.24) is 9.80 Å². The molecule has 41 heavy (non-hydrogen) atoms. The van der Waals surface area contributed by atoms with Gasteiger partial charge in [-0.1, -0.05) is 30.3 Å². The Morgan fingerprint density at radius 1 is 0.927 bits per heavy atom. The smallest absolute Gasteiger partial charge is 0.338 e. The van der Waals surface area contributed by atoms with Gasteiger partial charge in [-0.25, -0.2) is 4.79 Å². The maximum atomic E-state index is 13.1. The lowest BCUT2D eigenvalue weighted by Gasteiger charge is -2.24. The standard InChI is InChI=1S/C32H38N4O5/c1-22-19-28(29(33-21-38)20-27(22)32(40)41-5)23(2)30(24-9-7-6-8-10-24)34-26-13-11-25(12-14-26)31(39)36(17-18-37)16-15-35(3)4/h6-14,19-21,34,37H,15-18H2,1-5H3,(H,33,38)/b30-23+. The first kappa shape index (κ1) is 31.1. The van der Waals surface area contributed by atoms with Crippen LogP contribution in [-0.2, 0) is 9.53 Å². The van der Waals surface area contributed by atoms with Gasteiger partial charge in [-0.15, -0.1) is 0 Å². The maximum Gasteiger partial charge on any atom is 0.338 e. The van der Waals surface area contributed by atoms with Crippen LogP contribution in [0.25, 0.3) is 11.3 Å². The number of aryl methyl sites for hydroxylation is 1. The first-order valence-electron chi connectivity index (χ1n) is 13.3. The number of methoxy groups -OCH3 is 1. The quantitative estimate of drug-likeness (QED) is 0.163. The summed E-state index contributed by atoms with van der Waals surface area (Å²) in [5.41, 5.74) is 6.10. The number of carbonyl (C=O) groups is 3. The predicted octanol–water partition coefficient (Wildman–Crippen LogP) is 4.35. The number of hydrogen-bond donors (Lipinski definition) is 3. The topological polar surface area (TPSA) is 111 Å². The summed E-state index contributed by atoms with van der Waals surface area (Å²) in [5, 5.41) is 15.7. The molecule has 0 aliphatic heterocycles. The summed E-state index contributed by atoms with van der Waals surface area (Å²) in [5.74, 6) is -0.631. The van der Waals surface area contributed by atoms with E-state index in [2.05, 4.69) is 10.6 Å². The minimum absolute atomic E-state index is 0.107. The van der Waals surface area contributed by atoms with Gasteiger partial charge in [0.25, 0.3) is 5.91 Å². The number of rotatable bonds is 13. The molecule has 3 aromatic rings. The Kier molecular flexibility index (Phi) is 11.2. The Morgan fingerprint density at radius 2 is 1.61 bits per heavy atom. The number of aliphatic hydroxyl groups is 1. The minimum atomic E-state index is -0.486. The van der Waals surface area contributed by atoms with E-state index < -0.39 is 5.97 Å². The van der Waals surface area contributed by atoms with Gasteiger partial charge in [0.15, 0.2) is 0 Å². The third kappa shape index (κ3) is 8.03. The molecule has 0 saturated carbocycles. The van der Waals surface area contributed by atoms with Crippen LogP contribution in [0.15, 0.2) is 66.7 Å². The first-order valence-corrected chi connectivity index (χ1v) is 13.3. The van der Waals surface area contributed by atoms with Crippen LogP contribution in [-0.4, -0.2) is 80.6 Å². The number of nitrogens with one attached hydrogen (secondary N) is 2. The Balaban J connectivity index is 2.02. The number of aliphatic hydroxyl groups excluding tert-OH is 1. The molecule has 2 amide bonds. The minimum Gasteiger partial charge on any atom is -0.465 e. The monoisotopic (exact) mass is 558 g/mol. The fraction of sp³-hybridized carbons (Fsp3) is 0.281. The van der Waals surface area contributed by atoms with Gasteiger partial charge in [-0.2, -0.15) is 0 Å². The van der Waals surface area contributed by atoms with Crippen molar-refractivity contribution in [3.05, 3.63) is 94.5 Å². The molecule has 0 bridgehead atoms. The van der Waals surface area contributed by atoms with Crippen molar-refractivity contribution in [2.45, 2.75) is 13.8 Å². The molecule has 0 aliphatic rings. The van der Waals surface area contributed by atoms with Crippen molar-refractivity contribution < 1.29 is 24.2 Å². The molecule has 3 rings (SSSR count). The Labute approximate surface area is 241 Å². The molecule has 0 unspecified atom stereocenters. The molecular formula is C32H38N4O5. The summed E-state index contributed by atoms with van der Waals surface area (Å²) in [7, 11) is 5.20. The second-order valence-electron chi connectivity index (χ2n) is 9.85. The average Bonchev–Trinajstić information content (AvgIpc) is 2.98. The third-order valence-corrected chi connectivity index (χ3v) is 6.70. The van der Waals surface area contributed by atoms with E-state index in [9.17, 15) is 19.5 Å². The van der Waals surface area contributed by atoms with Crippen LogP contribution in [0.5, 0.6) is 0 Å². The molecule has 3 aromatic carbocycles. The van der Waals surface area contributed by atoms with Gasteiger partial charge in [-0.05, 0) is 81.0 Å². The number of hydrogen-bond acceptors (Lipinski definition) is 7. The van der Waals surface area contributed by atoms with Crippen LogP contribution < -0.4 is 10.6 Å². The Hall–Kier alpha value is -4.47. The normalized spacial score (nSPS) is 11.5. The molecule has 9 nitrogen and oxygen atoms in total. The van der Waals surface area contributed by atoms with Gasteiger partial charge in [0.2, 0.25) is 6.41 Å². The van der Waals surface area contributed by atoms with Gasteiger partial charge in [0.05, 0.1) is 19.3 Å². The fourth-order valence-corrected chi connectivity index (χ4v) is 4.43. The molecule has 216 valence electrons. The maximum absolute atomic E-state index is 13.1. The highest BCUT2D eigenvalue weighted by atomic mass is 16.5. The number of ether oxygens (including phenoxy) is 1. The second kappa shape index (κ2) is 14.8. The molecule has 0 fully saturated rings. The van der Waals surface area contributed by atoms with E-state index in [0.29, 0.717) is 41.9 Å². The zero-order valence-electron chi connectivity index (χ0n) is 24.2. The number of carbonyl (C=O) groups excluding carboxylic acids is 3. The summed E-state index contributed by atoms with van der Waals surface area (Å²) in [6.07, 6.45) is 0.576. The summed E-state index contributed by atoms with van der Waals surface area (Å²) in [6.45, 7) is 5.11. The van der Waals surface area contributed by atoms with Crippen molar-refractivity contribution in [2.75, 3.05) is 58.1 Å². The number of anilines is 2. The highest BCUT2D eigenvalue weighted by molar-refractivity contribution is 6.01. The van der Waals surface area contributed by atoms with Crippen molar-refractivity contribution in [1.29, 1.82) is 0 Å². The summed E-state index contributed by atoms with van der Waals surface area (Å²) in [6, 6.07) is 20.4. The number of esters is 1. The van der Waals surface area contributed by atoms with Gasteiger partial charge in [-0.3, -0.25) is 9.59 Å². The van der Waals surface area contributed by atoms with E-state index in [-0.39, 0.29) is 19.1 Å². The number of nitrogens with zero attached hydrogens (tertiary/aromatic N) is 2. The number of amides is 2. The van der Waals surface area contributed by atoms with Gasteiger partial charge >= 0.3 is 5.97 Å². The summed E-state index contributed by atoms with van der Waals surface area (Å²) >= 11 is 0. The average molecular weight is 559 g/mol. The highest BCUT2D eigenvalue weighted by Crippen LogP contribution is 2.34. The molecular weight excluding hydrogens is 520 g/mol. The van der Waals surface area contributed by atoms with Crippen LogP contribution in [0.3, 0.4) is 0 Å². The van der Waals surface area contributed by atoms with E-state index in [1.54, 1.807) is 23.1 Å². The van der Waals surface area contributed by atoms with Gasteiger partial charge in [0, 0.05) is 47.8 Å². The lowest BCUT2D eigenvalue weighted by Crippen LogP contribution is -2.38. The Bertz CT molecular complexity index is 1390. The molecule has 0 spiro atoms. The largest absolute Gasteiger partial charge is 0.465 e. The molecule has 0 aromatic heterocycles. The number of allylic oxidation sites excluding steroid dienone is 1. The number of benzene rings is 3. The zero-order chi connectivity index (χ0) is 29.9. The SMILES string of the molecule is COC(=O)c1cc(NC=O)c(/C(C)=C(/Nc2ccc(C(=O)N(CCO)CCN(C)C)cc2)c2ccccc2)cc1C. The van der Waals surface area contributed by atoms with Crippen molar-refractivity contribution in [3.63, 3.8) is 0 Å². The van der Waals surface area contributed by atoms with Crippen molar-refractivity contribution in [3.8, 4) is 0 Å². The number of likely N-dealkylation sites (N-methyl/N-ethyl adjacent to an activating group) is 1. The molecule has 0 heterocycles. The summed E-state index contributed by atoms with van der Waals surface area (Å²) in [4.78, 5) is 40.5. The van der Waals surface area contributed by atoms with Crippen molar-refractivity contribution >= 4 is 40.9 Å². The van der Waals surface area contributed by atoms with Crippen LogP contribution in [0.2, 0.25) is 0 Å². The van der Waals surface area contributed by atoms with Crippen LogP contribution >= 0.6 is 0 Å². The summed E-state index contributed by atoms with van der Waals surface area (Å²) < 4.78 is 4.90. The van der Waals surface area contributed by atoms with E-state index in [4.69, 9.17) is 4.74 Å². The van der Waals surface area contributed by atoms with E-state index in [1.807, 2.05) is 81.4 Å². The molecule has 3 N–H and O–H groups in total. The first-order chi connectivity index (χ1) is 19.7. The van der Waals surface area contributed by atoms with E-state index in [1.165, 1.54) is 7.11 Å². The van der Waals surface area contributed by atoms with Crippen LogP contribution in [0.4, 0.5) is 11.4 Å². The highest BCUT2D eigenvalue weighted by Gasteiger charge is 2.19. The fourth-order valence-electron chi connectivity index (χ4n) is 4.43. The third-order valence-electron chi connectivity index (χ3n) is 6.70. The molecule has 0 radical (unpaired) electrons. The van der Waals surface area contributed by atoms with Crippen molar-refractivity contribution in [2.24, 2.45) is 0 Å².